The first-order valence-corrected chi connectivity index (χ1v) is 7.47. The smallest absolute Gasteiger partial charge is 0.251 e. The number of carbonyl (C=O) groups excluding carboxylic acids is 2. The van der Waals surface area contributed by atoms with E-state index in [9.17, 15) is 9.59 Å². The summed E-state index contributed by atoms with van der Waals surface area (Å²) in [4.78, 5) is 26.2. The van der Waals surface area contributed by atoms with Crippen molar-refractivity contribution in [2.24, 2.45) is 0 Å². The summed E-state index contributed by atoms with van der Waals surface area (Å²) in [5.74, 6) is -0.251. The number of hydrogen-bond donors (Lipinski definition) is 2. The van der Waals surface area contributed by atoms with Crippen LogP contribution in [-0.2, 0) is 4.79 Å². The molecule has 1 saturated heterocycles. The Kier molecular flexibility index (Phi) is 4.83. The number of nitrogen functional groups attached to an aromatic ring is 1. The van der Waals surface area contributed by atoms with Crippen molar-refractivity contribution in [2.75, 3.05) is 12.3 Å². The Labute approximate surface area is 125 Å². The number of nitrogens with zero attached hydrogens (tertiary/aromatic N) is 1. The van der Waals surface area contributed by atoms with Crippen LogP contribution in [0.1, 0.15) is 43.5 Å². The summed E-state index contributed by atoms with van der Waals surface area (Å²) in [6, 6.07) is 7.22. The fourth-order valence-corrected chi connectivity index (χ4v) is 2.91. The number of hydrogen-bond acceptors (Lipinski definition) is 3. The van der Waals surface area contributed by atoms with Crippen molar-refractivity contribution in [3.63, 3.8) is 0 Å². The third-order valence-electron chi connectivity index (χ3n) is 4.12. The second-order valence-electron chi connectivity index (χ2n) is 5.59. The van der Waals surface area contributed by atoms with E-state index in [1.807, 2.05) is 4.90 Å². The zero-order valence-corrected chi connectivity index (χ0v) is 12.6. The quantitative estimate of drug-likeness (QED) is 0.830. The second-order valence-corrected chi connectivity index (χ2v) is 5.59. The number of carbonyl (C=O) groups is 2. The number of likely N-dealkylation sites (tertiary alicyclic amines) is 1. The molecule has 1 aliphatic heterocycles. The minimum atomic E-state index is -0.247. The molecule has 2 unspecified atom stereocenters. The van der Waals surface area contributed by atoms with Crippen molar-refractivity contribution in [3.05, 3.63) is 29.8 Å². The second kappa shape index (κ2) is 6.61. The molecule has 5 nitrogen and oxygen atoms in total. The lowest BCUT2D eigenvalue weighted by Crippen LogP contribution is -2.45. The van der Waals surface area contributed by atoms with E-state index >= 15 is 0 Å². The normalized spacial score (nSPS) is 21.3. The zero-order valence-electron chi connectivity index (χ0n) is 12.6. The maximum atomic E-state index is 12.3. The Bertz CT molecular complexity index is 513. The van der Waals surface area contributed by atoms with Crippen molar-refractivity contribution < 1.29 is 9.59 Å². The topological polar surface area (TPSA) is 75.4 Å². The molecule has 2 amide bonds. The van der Waals surface area contributed by atoms with Gasteiger partial charge in [-0.1, -0.05) is 6.92 Å². The van der Waals surface area contributed by atoms with Crippen LogP contribution < -0.4 is 11.1 Å². The molecule has 0 saturated carbocycles. The molecule has 114 valence electrons. The Hall–Kier alpha value is -2.04. The third kappa shape index (κ3) is 3.54. The fourth-order valence-electron chi connectivity index (χ4n) is 2.91. The maximum Gasteiger partial charge on any atom is 0.251 e. The van der Waals surface area contributed by atoms with Gasteiger partial charge in [0, 0.05) is 23.3 Å². The lowest BCUT2D eigenvalue weighted by atomic mass is 10.1. The molecule has 0 bridgehead atoms. The molecule has 0 spiro atoms. The Balaban J connectivity index is 1.91. The largest absolute Gasteiger partial charge is 0.399 e. The Morgan fingerprint density at radius 2 is 1.95 bits per heavy atom. The lowest BCUT2D eigenvalue weighted by molar-refractivity contribution is -0.132. The average Bonchev–Trinajstić information content (AvgIpc) is 2.86. The van der Waals surface area contributed by atoms with E-state index in [1.165, 1.54) is 0 Å². The summed E-state index contributed by atoms with van der Waals surface area (Å²) in [5, 5.41) is 2.69. The van der Waals surface area contributed by atoms with Gasteiger partial charge in [0.05, 0.1) is 6.54 Å². The van der Waals surface area contributed by atoms with E-state index < -0.39 is 0 Å². The first-order valence-electron chi connectivity index (χ1n) is 7.47. The summed E-state index contributed by atoms with van der Waals surface area (Å²) in [6.45, 7) is 4.20. The monoisotopic (exact) mass is 289 g/mol. The highest BCUT2D eigenvalue weighted by Gasteiger charge is 2.32. The van der Waals surface area contributed by atoms with E-state index in [-0.39, 0.29) is 24.4 Å². The molecule has 21 heavy (non-hydrogen) atoms. The van der Waals surface area contributed by atoms with Gasteiger partial charge in [-0.2, -0.15) is 0 Å². The van der Waals surface area contributed by atoms with Crippen LogP contribution in [0.3, 0.4) is 0 Å². The first kappa shape index (κ1) is 15.4. The maximum absolute atomic E-state index is 12.3. The molecule has 3 N–H and O–H groups in total. The third-order valence-corrected chi connectivity index (χ3v) is 4.12. The average molecular weight is 289 g/mol. The summed E-state index contributed by atoms with van der Waals surface area (Å²) in [5.41, 5.74) is 6.71. The van der Waals surface area contributed by atoms with Crippen LogP contribution >= 0.6 is 0 Å². The number of benzene rings is 1. The Morgan fingerprint density at radius 1 is 1.29 bits per heavy atom. The number of amides is 2. The van der Waals surface area contributed by atoms with E-state index in [1.54, 1.807) is 24.3 Å². The number of rotatable bonds is 4. The van der Waals surface area contributed by atoms with Crippen molar-refractivity contribution >= 4 is 17.5 Å². The predicted octanol–water partition coefficient (Wildman–Crippen LogP) is 1.79. The van der Waals surface area contributed by atoms with Crippen LogP contribution in [0.4, 0.5) is 5.69 Å². The Morgan fingerprint density at radius 3 is 2.57 bits per heavy atom. The molecule has 5 heteroatoms. The molecule has 1 aromatic carbocycles. The van der Waals surface area contributed by atoms with Crippen LogP contribution in [-0.4, -0.2) is 35.3 Å². The van der Waals surface area contributed by atoms with Crippen LogP contribution in [0.15, 0.2) is 24.3 Å². The standard InChI is InChI=1S/C16H23N3O2/c1-3-14-9-4-11(2)19(14)15(20)10-18-16(21)12-5-7-13(17)8-6-12/h5-8,11,14H,3-4,9-10,17H2,1-2H3,(H,18,21). The van der Waals surface area contributed by atoms with Crippen LogP contribution in [0, 0.1) is 0 Å². The van der Waals surface area contributed by atoms with Crippen molar-refractivity contribution in [1.29, 1.82) is 0 Å². The summed E-state index contributed by atoms with van der Waals surface area (Å²) in [7, 11) is 0. The van der Waals surface area contributed by atoms with Gasteiger partial charge in [-0.25, -0.2) is 0 Å². The SMILES string of the molecule is CCC1CCC(C)N1C(=O)CNC(=O)c1ccc(N)cc1. The zero-order chi connectivity index (χ0) is 15.4. The summed E-state index contributed by atoms with van der Waals surface area (Å²) in [6.07, 6.45) is 3.05. The van der Waals surface area contributed by atoms with Gasteiger partial charge in [0.25, 0.3) is 5.91 Å². The van der Waals surface area contributed by atoms with Crippen LogP contribution in [0.25, 0.3) is 0 Å². The van der Waals surface area contributed by atoms with Gasteiger partial charge in [-0.3, -0.25) is 9.59 Å². The van der Waals surface area contributed by atoms with E-state index in [0.29, 0.717) is 17.3 Å². The van der Waals surface area contributed by atoms with E-state index in [0.717, 1.165) is 19.3 Å². The lowest BCUT2D eigenvalue weighted by Gasteiger charge is -2.28. The van der Waals surface area contributed by atoms with Crippen molar-refractivity contribution in [1.82, 2.24) is 10.2 Å². The van der Waals surface area contributed by atoms with Crippen LogP contribution in [0.5, 0.6) is 0 Å². The first-order chi connectivity index (χ1) is 10.0. The van der Waals surface area contributed by atoms with Crippen molar-refractivity contribution in [2.45, 2.75) is 45.2 Å². The van der Waals surface area contributed by atoms with Gasteiger partial charge >= 0.3 is 0 Å². The predicted molar refractivity (Wildman–Crippen MR) is 82.8 cm³/mol. The van der Waals surface area contributed by atoms with Gasteiger partial charge in [0.1, 0.15) is 0 Å². The molecule has 1 aromatic rings. The van der Waals surface area contributed by atoms with E-state index in [2.05, 4.69) is 19.2 Å². The summed E-state index contributed by atoms with van der Waals surface area (Å²) >= 11 is 0. The molecular weight excluding hydrogens is 266 g/mol. The molecule has 2 atom stereocenters. The minimum absolute atomic E-state index is 0.00403. The van der Waals surface area contributed by atoms with Gasteiger partial charge in [0.2, 0.25) is 5.91 Å². The fraction of sp³-hybridized carbons (Fsp3) is 0.500. The number of anilines is 1. The molecule has 1 aliphatic rings. The highest BCUT2D eigenvalue weighted by atomic mass is 16.2. The molecular formula is C16H23N3O2. The molecule has 1 fully saturated rings. The van der Waals surface area contributed by atoms with Crippen LogP contribution in [0.2, 0.25) is 0 Å². The molecule has 0 aromatic heterocycles. The molecule has 2 rings (SSSR count). The van der Waals surface area contributed by atoms with Gasteiger partial charge in [0.15, 0.2) is 0 Å². The van der Waals surface area contributed by atoms with Gasteiger partial charge in [-0.15, -0.1) is 0 Å². The number of nitrogens with one attached hydrogen (secondary N) is 1. The highest BCUT2D eigenvalue weighted by molar-refractivity contribution is 5.96. The highest BCUT2D eigenvalue weighted by Crippen LogP contribution is 2.25. The minimum Gasteiger partial charge on any atom is -0.399 e. The van der Waals surface area contributed by atoms with E-state index in [4.69, 9.17) is 5.73 Å². The molecule has 0 radical (unpaired) electrons. The van der Waals surface area contributed by atoms with Gasteiger partial charge in [-0.05, 0) is 50.5 Å². The summed E-state index contributed by atoms with van der Waals surface area (Å²) < 4.78 is 0. The number of nitrogens with two attached hydrogens (primary N) is 1. The molecule has 0 aliphatic carbocycles. The van der Waals surface area contributed by atoms with Gasteiger partial charge < -0.3 is 16.0 Å². The van der Waals surface area contributed by atoms with Crippen molar-refractivity contribution in [3.8, 4) is 0 Å². The molecule has 1 heterocycles.